The Labute approximate surface area is 127 Å². The summed E-state index contributed by atoms with van der Waals surface area (Å²) in [5.74, 6) is 0.854. The molecule has 0 bridgehead atoms. The second-order valence-corrected chi connectivity index (χ2v) is 5.91. The van der Waals surface area contributed by atoms with E-state index in [0.29, 0.717) is 0 Å². The predicted octanol–water partition coefficient (Wildman–Crippen LogP) is 1.14. The minimum absolute atomic E-state index is 0.854. The number of hydrogen-bond acceptors (Lipinski definition) is 3. The second-order valence-electron chi connectivity index (χ2n) is 5.05. The van der Waals surface area contributed by atoms with Gasteiger partial charge in [0.2, 0.25) is 5.95 Å². The van der Waals surface area contributed by atoms with Crippen molar-refractivity contribution in [2.24, 2.45) is 0 Å². The van der Waals surface area contributed by atoms with Crippen molar-refractivity contribution < 1.29 is 4.90 Å². The molecular formula is C15H18BrN4+. The molecule has 1 aliphatic rings. The summed E-state index contributed by atoms with van der Waals surface area (Å²) in [6, 6.07) is 10.3. The first-order chi connectivity index (χ1) is 9.83. The lowest BCUT2D eigenvalue weighted by molar-refractivity contribution is -0.914. The Balaban J connectivity index is 1.58. The Morgan fingerprint density at radius 2 is 1.75 bits per heavy atom. The van der Waals surface area contributed by atoms with E-state index in [0.717, 1.165) is 38.7 Å². The predicted molar refractivity (Wildman–Crippen MR) is 82.8 cm³/mol. The zero-order valence-corrected chi connectivity index (χ0v) is 12.9. The molecule has 1 fully saturated rings. The average Bonchev–Trinajstić information content (AvgIpc) is 2.51. The molecule has 0 amide bonds. The summed E-state index contributed by atoms with van der Waals surface area (Å²) >= 11 is 3.63. The second kappa shape index (κ2) is 6.33. The number of nitrogens with one attached hydrogen (secondary N) is 1. The van der Waals surface area contributed by atoms with Crippen LogP contribution in [0.3, 0.4) is 0 Å². The Hall–Kier alpha value is -1.46. The lowest BCUT2D eigenvalue weighted by Crippen LogP contribution is -3.13. The first kappa shape index (κ1) is 13.5. The third-order valence-electron chi connectivity index (χ3n) is 3.70. The number of aromatic nitrogens is 2. The molecule has 20 heavy (non-hydrogen) atoms. The van der Waals surface area contributed by atoms with Gasteiger partial charge in [0.1, 0.15) is 6.54 Å². The lowest BCUT2D eigenvalue weighted by Gasteiger charge is -2.32. The maximum absolute atomic E-state index is 4.32. The molecule has 2 heterocycles. The topological polar surface area (TPSA) is 33.5 Å². The smallest absolute Gasteiger partial charge is 0.225 e. The Morgan fingerprint density at radius 1 is 1.05 bits per heavy atom. The van der Waals surface area contributed by atoms with Gasteiger partial charge in [-0.2, -0.15) is 0 Å². The molecular weight excluding hydrogens is 316 g/mol. The fourth-order valence-corrected chi connectivity index (χ4v) is 2.99. The molecule has 104 valence electrons. The van der Waals surface area contributed by atoms with Crippen LogP contribution in [-0.4, -0.2) is 36.1 Å². The van der Waals surface area contributed by atoms with Gasteiger partial charge in [-0.15, -0.1) is 0 Å². The molecule has 2 aromatic rings. The van der Waals surface area contributed by atoms with Gasteiger partial charge in [-0.25, -0.2) is 9.97 Å². The number of quaternary nitrogens is 1. The summed E-state index contributed by atoms with van der Waals surface area (Å²) < 4.78 is 1.21. The van der Waals surface area contributed by atoms with Gasteiger partial charge in [-0.1, -0.05) is 34.1 Å². The highest BCUT2D eigenvalue weighted by Crippen LogP contribution is 2.14. The number of benzene rings is 1. The van der Waals surface area contributed by atoms with Crippen LogP contribution < -0.4 is 9.80 Å². The standard InChI is InChI=1S/C15H17BrN4/c16-14-5-2-1-4-13(14)12-19-8-10-20(11-9-19)15-17-6-3-7-18-15/h1-7H,8-12H2/p+1. The molecule has 0 atom stereocenters. The van der Waals surface area contributed by atoms with E-state index in [1.807, 2.05) is 18.5 Å². The minimum atomic E-state index is 0.854. The summed E-state index contributed by atoms with van der Waals surface area (Å²) in [4.78, 5) is 12.5. The van der Waals surface area contributed by atoms with Crippen molar-refractivity contribution >= 4 is 21.9 Å². The molecule has 0 radical (unpaired) electrons. The monoisotopic (exact) mass is 333 g/mol. The molecule has 4 nitrogen and oxygen atoms in total. The summed E-state index contributed by atoms with van der Waals surface area (Å²) in [5, 5.41) is 0. The van der Waals surface area contributed by atoms with Crippen LogP contribution in [0, 0.1) is 0 Å². The summed E-state index contributed by atoms with van der Waals surface area (Å²) in [7, 11) is 0. The number of halogens is 1. The van der Waals surface area contributed by atoms with Crippen molar-refractivity contribution in [2.45, 2.75) is 6.54 Å². The van der Waals surface area contributed by atoms with Gasteiger partial charge in [-0.3, -0.25) is 0 Å². The third-order valence-corrected chi connectivity index (χ3v) is 4.48. The number of piperazine rings is 1. The normalized spacial score (nSPS) is 16.4. The number of hydrogen-bond donors (Lipinski definition) is 1. The zero-order valence-electron chi connectivity index (χ0n) is 11.3. The highest BCUT2D eigenvalue weighted by molar-refractivity contribution is 9.10. The van der Waals surface area contributed by atoms with Gasteiger partial charge in [-0.05, 0) is 12.1 Å². The fraction of sp³-hybridized carbons (Fsp3) is 0.333. The highest BCUT2D eigenvalue weighted by Gasteiger charge is 2.22. The Bertz CT molecular complexity index is 553. The summed E-state index contributed by atoms with van der Waals surface area (Å²) in [6.45, 7) is 5.36. The molecule has 0 unspecified atom stereocenters. The molecule has 1 aliphatic heterocycles. The molecule has 1 saturated heterocycles. The van der Waals surface area contributed by atoms with Crippen LogP contribution in [0.1, 0.15) is 5.56 Å². The van der Waals surface area contributed by atoms with Crippen LogP contribution in [-0.2, 0) is 6.54 Å². The average molecular weight is 334 g/mol. The summed E-state index contributed by atoms with van der Waals surface area (Å²) in [6.07, 6.45) is 3.62. The Kier molecular flexibility index (Phi) is 4.28. The van der Waals surface area contributed by atoms with Crippen LogP contribution in [0.4, 0.5) is 5.95 Å². The Morgan fingerprint density at radius 3 is 2.45 bits per heavy atom. The quantitative estimate of drug-likeness (QED) is 0.914. The van der Waals surface area contributed by atoms with Crippen LogP contribution in [0.15, 0.2) is 47.2 Å². The van der Waals surface area contributed by atoms with Crippen molar-refractivity contribution in [3.8, 4) is 0 Å². The zero-order chi connectivity index (χ0) is 13.8. The molecule has 5 heteroatoms. The van der Waals surface area contributed by atoms with Gasteiger partial charge < -0.3 is 9.80 Å². The first-order valence-corrected chi connectivity index (χ1v) is 7.71. The van der Waals surface area contributed by atoms with Crippen molar-refractivity contribution in [2.75, 3.05) is 31.1 Å². The lowest BCUT2D eigenvalue weighted by atomic mass is 10.2. The van der Waals surface area contributed by atoms with E-state index in [2.05, 4.69) is 55.1 Å². The van der Waals surface area contributed by atoms with Crippen molar-refractivity contribution in [3.63, 3.8) is 0 Å². The molecule has 1 aromatic heterocycles. The van der Waals surface area contributed by atoms with Crippen molar-refractivity contribution in [1.29, 1.82) is 0 Å². The molecule has 1 N–H and O–H groups in total. The van der Waals surface area contributed by atoms with Gasteiger partial charge in [0.05, 0.1) is 26.2 Å². The highest BCUT2D eigenvalue weighted by atomic mass is 79.9. The largest absolute Gasteiger partial charge is 0.330 e. The van der Waals surface area contributed by atoms with E-state index in [1.165, 1.54) is 10.0 Å². The molecule has 0 saturated carbocycles. The SMILES string of the molecule is Brc1ccccc1C[NH+]1CCN(c2ncccn2)CC1. The van der Waals surface area contributed by atoms with E-state index in [9.17, 15) is 0 Å². The molecule has 1 aromatic carbocycles. The van der Waals surface area contributed by atoms with Gasteiger partial charge in [0.25, 0.3) is 0 Å². The first-order valence-electron chi connectivity index (χ1n) is 6.92. The van der Waals surface area contributed by atoms with Crippen molar-refractivity contribution in [3.05, 3.63) is 52.8 Å². The van der Waals surface area contributed by atoms with E-state index < -0.39 is 0 Å². The van der Waals surface area contributed by atoms with E-state index in [4.69, 9.17) is 0 Å². The van der Waals surface area contributed by atoms with E-state index in [-0.39, 0.29) is 0 Å². The summed E-state index contributed by atoms with van der Waals surface area (Å²) in [5.41, 5.74) is 1.38. The van der Waals surface area contributed by atoms with Crippen molar-refractivity contribution in [1.82, 2.24) is 9.97 Å². The molecule has 3 rings (SSSR count). The van der Waals surface area contributed by atoms with E-state index in [1.54, 1.807) is 4.90 Å². The molecule has 0 spiro atoms. The fourth-order valence-electron chi connectivity index (χ4n) is 2.57. The number of nitrogens with zero attached hydrogens (tertiary/aromatic N) is 3. The minimum Gasteiger partial charge on any atom is -0.330 e. The molecule has 0 aliphatic carbocycles. The number of rotatable bonds is 3. The van der Waals surface area contributed by atoms with Gasteiger partial charge in [0.15, 0.2) is 0 Å². The van der Waals surface area contributed by atoms with E-state index >= 15 is 0 Å². The van der Waals surface area contributed by atoms with Crippen LogP contribution in [0.2, 0.25) is 0 Å². The van der Waals surface area contributed by atoms with Gasteiger partial charge in [0, 0.05) is 22.4 Å². The number of anilines is 1. The van der Waals surface area contributed by atoms with Crippen LogP contribution in [0.25, 0.3) is 0 Å². The van der Waals surface area contributed by atoms with Crippen LogP contribution >= 0.6 is 15.9 Å². The maximum Gasteiger partial charge on any atom is 0.225 e. The third kappa shape index (κ3) is 3.16. The van der Waals surface area contributed by atoms with Crippen LogP contribution in [0.5, 0.6) is 0 Å². The van der Waals surface area contributed by atoms with Gasteiger partial charge >= 0.3 is 0 Å². The maximum atomic E-state index is 4.32.